The van der Waals surface area contributed by atoms with E-state index in [1.165, 1.54) is 10.4 Å². The Balaban J connectivity index is 1.45. The molecule has 6 nitrogen and oxygen atoms in total. The lowest BCUT2D eigenvalue weighted by atomic mass is 10.2. The van der Waals surface area contributed by atoms with Gasteiger partial charge in [-0.3, -0.25) is 4.79 Å². The Labute approximate surface area is 157 Å². The summed E-state index contributed by atoms with van der Waals surface area (Å²) in [4.78, 5) is 22.3. The van der Waals surface area contributed by atoms with Crippen molar-refractivity contribution >= 4 is 49.8 Å². The zero-order valence-electron chi connectivity index (χ0n) is 13.9. The van der Waals surface area contributed by atoms with Crippen molar-refractivity contribution in [1.82, 2.24) is 20.2 Å². The van der Waals surface area contributed by atoms with Gasteiger partial charge >= 0.3 is 0 Å². The zero-order valence-corrected chi connectivity index (χ0v) is 16.4. The number of nitrogens with one attached hydrogen (secondary N) is 2. The highest BCUT2D eigenvalue weighted by Gasteiger charge is 2.21. The molecule has 0 aromatic carbocycles. The van der Waals surface area contributed by atoms with Gasteiger partial charge in [-0.15, -0.1) is 21.5 Å². The first-order chi connectivity index (χ1) is 12.2. The summed E-state index contributed by atoms with van der Waals surface area (Å²) in [5.41, 5.74) is 1.22. The molecule has 3 heterocycles. The van der Waals surface area contributed by atoms with Gasteiger partial charge in [0.25, 0.3) is 5.56 Å². The van der Waals surface area contributed by atoms with E-state index in [1.54, 1.807) is 34.4 Å². The molecule has 1 aliphatic carbocycles. The summed E-state index contributed by atoms with van der Waals surface area (Å²) >= 11 is 4.78. The van der Waals surface area contributed by atoms with E-state index in [4.69, 9.17) is 0 Å². The fraction of sp³-hybridized carbons (Fsp3) is 0.500. The largest absolute Gasteiger partial charge is 0.360 e. The molecule has 0 unspecified atom stereocenters. The molecular formula is C16H19N5OS3. The minimum absolute atomic E-state index is 0.000755. The summed E-state index contributed by atoms with van der Waals surface area (Å²) in [5, 5.41) is 13.3. The minimum Gasteiger partial charge on any atom is -0.360 e. The van der Waals surface area contributed by atoms with E-state index in [-0.39, 0.29) is 5.56 Å². The minimum atomic E-state index is -0.000755. The van der Waals surface area contributed by atoms with Crippen LogP contribution in [-0.4, -0.2) is 26.7 Å². The van der Waals surface area contributed by atoms with Crippen LogP contribution in [0.4, 0.5) is 5.13 Å². The van der Waals surface area contributed by atoms with Gasteiger partial charge in [-0.1, -0.05) is 36.4 Å². The molecule has 9 heteroatoms. The smallest absolute Gasteiger partial charge is 0.259 e. The summed E-state index contributed by atoms with van der Waals surface area (Å²) in [5.74, 6) is 1.30. The second kappa shape index (κ2) is 7.43. The maximum atomic E-state index is 12.4. The Morgan fingerprint density at radius 2 is 2.20 bits per heavy atom. The highest BCUT2D eigenvalue weighted by Crippen LogP contribution is 2.35. The molecule has 0 amide bonds. The van der Waals surface area contributed by atoms with Crippen LogP contribution in [0, 0.1) is 0 Å². The number of aromatic amines is 1. The normalized spacial score (nSPS) is 13.5. The Hall–Kier alpha value is -1.45. The molecule has 3 aromatic rings. The van der Waals surface area contributed by atoms with Gasteiger partial charge in [0.2, 0.25) is 5.13 Å². The average Bonchev–Trinajstić information content (AvgIpc) is 3.28. The van der Waals surface area contributed by atoms with Gasteiger partial charge < -0.3 is 10.3 Å². The third kappa shape index (κ3) is 3.58. The molecule has 0 fully saturated rings. The molecular weight excluding hydrogens is 374 g/mol. The molecule has 4 rings (SSSR count). The van der Waals surface area contributed by atoms with Crippen molar-refractivity contribution in [2.75, 3.05) is 11.9 Å². The molecule has 0 bridgehead atoms. The first kappa shape index (κ1) is 17.0. The maximum absolute atomic E-state index is 12.4. The van der Waals surface area contributed by atoms with Gasteiger partial charge in [0, 0.05) is 11.4 Å². The maximum Gasteiger partial charge on any atom is 0.259 e. The van der Waals surface area contributed by atoms with Gasteiger partial charge in [-0.2, -0.15) is 0 Å². The molecule has 2 N–H and O–H groups in total. The number of fused-ring (bicyclic) bond motifs is 3. The summed E-state index contributed by atoms with van der Waals surface area (Å²) < 4.78 is 0.885. The predicted molar refractivity (Wildman–Crippen MR) is 105 cm³/mol. The van der Waals surface area contributed by atoms with Crippen LogP contribution in [0.2, 0.25) is 0 Å². The molecule has 1 aliphatic rings. The molecule has 132 valence electrons. The number of aromatic nitrogens is 4. The molecule has 3 aromatic heterocycles. The van der Waals surface area contributed by atoms with Crippen molar-refractivity contribution in [3.05, 3.63) is 26.6 Å². The van der Waals surface area contributed by atoms with Gasteiger partial charge in [0.05, 0.1) is 11.1 Å². The van der Waals surface area contributed by atoms with Crippen molar-refractivity contribution < 1.29 is 0 Å². The van der Waals surface area contributed by atoms with Crippen LogP contribution in [0.1, 0.15) is 42.5 Å². The lowest BCUT2D eigenvalue weighted by Gasteiger charge is -2.00. The quantitative estimate of drug-likeness (QED) is 0.469. The average molecular weight is 394 g/mol. The highest BCUT2D eigenvalue weighted by molar-refractivity contribution is 8.00. The molecule has 0 atom stereocenters. The number of thiophene rings is 1. The van der Waals surface area contributed by atoms with Crippen molar-refractivity contribution in [3.63, 3.8) is 0 Å². The fourth-order valence-electron chi connectivity index (χ4n) is 2.96. The van der Waals surface area contributed by atoms with Gasteiger partial charge in [0.15, 0.2) is 4.34 Å². The molecule has 0 saturated carbocycles. The van der Waals surface area contributed by atoms with Gasteiger partial charge in [0.1, 0.15) is 10.7 Å². The molecule has 0 saturated heterocycles. The second-order valence-corrected chi connectivity index (χ2v) is 9.28. The number of H-pyrrole nitrogens is 1. The van der Waals surface area contributed by atoms with Crippen LogP contribution in [-0.2, 0) is 18.6 Å². The van der Waals surface area contributed by atoms with E-state index in [1.807, 2.05) is 0 Å². The third-order valence-corrected chi connectivity index (χ3v) is 7.38. The summed E-state index contributed by atoms with van der Waals surface area (Å²) in [7, 11) is 0. The van der Waals surface area contributed by atoms with Crippen molar-refractivity contribution in [1.29, 1.82) is 0 Å². The molecule has 0 radical (unpaired) electrons. The SMILES string of the molecule is CCCCNc1nnc(SCc2nc3sc4c(c3c(=O)[nH]2)CCC4)s1. The Kier molecular flexibility index (Phi) is 5.05. The van der Waals surface area contributed by atoms with E-state index in [9.17, 15) is 4.79 Å². The third-order valence-electron chi connectivity index (χ3n) is 4.17. The number of aryl methyl sites for hydroxylation is 2. The van der Waals surface area contributed by atoms with Crippen molar-refractivity contribution in [2.45, 2.75) is 49.1 Å². The van der Waals surface area contributed by atoms with E-state index in [0.29, 0.717) is 11.6 Å². The number of unbranched alkanes of at least 4 members (excludes halogenated alkanes) is 1. The Bertz CT molecular complexity index is 945. The van der Waals surface area contributed by atoms with Gasteiger partial charge in [-0.25, -0.2) is 4.98 Å². The van der Waals surface area contributed by atoms with Crippen molar-refractivity contribution in [2.24, 2.45) is 0 Å². The number of hydrogen-bond donors (Lipinski definition) is 2. The molecule has 0 spiro atoms. The van der Waals surface area contributed by atoms with Crippen LogP contribution in [0.5, 0.6) is 0 Å². The van der Waals surface area contributed by atoms with Crippen molar-refractivity contribution in [3.8, 4) is 0 Å². The first-order valence-electron chi connectivity index (χ1n) is 8.48. The summed E-state index contributed by atoms with van der Waals surface area (Å²) in [6, 6.07) is 0. The number of nitrogens with zero attached hydrogens (tertiary/aromatic N) is 3. The van der Waals surface area contributed by atoms with Gasteiger partial charge in [-0.05, 0) is 31.2 Å². The second-order valence-electron chi connectivity index (χ2n) is 5.99. The standard InChI is InChI=1S/C16H19N5OS3/c1-2-3-7-17-15-20-21-16(25-15)23-8-11-18-13(22)12-9-5-4-6-10(9)24-14(12)19-11/h2-8H2,1H3,(H,17,20)(H,18,19,22). The van der Waals surface area contributed by atoms with E-state index in [0.717, 1.165) is 58.3 Å². The highest BCUT2D eigenvalue weighted by atomic mass is 32.2. The summed E-state index contributed by atoms with van der Waals surface area (Å²) in [6.07, 6.45) is 5.52. The van der Waals surface area contributed by atoms with Crippen LogP contribution >= 0.6 is 34.4 Å². The summed E-state index contributed by atoms with van der Waals surface area (Å²) in [6.45, 7) is 3.08. The van der Waals surface area contributed by atoms with E-state index >= 15 is 0 Å². The lowest BCUT2D eigenvalue weighted by Crippen LogP contribution is -2.11. The first-order valence-corrected chi connectivity index (χ1v) is 11.1. The monoisotopic (exact) mass is 393 g/mol. The van der Waals surface area contributed by atoms with E-state index < -0.39 is 0 Å². The topological polar surface area (TPSA) is 83.6 Å². The predicted octanol–water partition coefficient (Wildman–Crippen LogP) is 3.83. The van der Waals surface area contributed by atoms with Crippen LogP contribution in [0.3, 0.4) is 0 Å². The fourth-order valence-corrected chi connectivity index (χ4v) is 5.89. The number of hydrogen-bond acceptors (Lipinski definition) is 8. The van der Waals surface area contributed by atoms with Crippen LogP contribution in [0.15, 0.2) is 9.13 Å². The Morgan fingerprint density at radius 1 is 1.28 bits per heavy atom. The van der Waals surface area contributed by atoms with Crippen LogP contribution < -0.4 is 10.9 Å². The molecule has 0 aliphatic heterocycles. The van der Waals surface area contributed by atoms with E-state index in [2.05, 4.69) is 32.4 Å². The number of thioether (sulfide) groups is 1. The lowest BCUT2D eigenvalue weighted by molar-refractivity contribution is 0.830. The zero-order chi connectivity index (χ0) is 17.2. The van der Waals surface area contributed by atoms with Crippen LogP contribution in [0.25, 0.3) is 10.2 Å². The number of anilines is 1. The number of rotatable bonds is 7. The molecule has 25 heavy (non-hydrogen) atoms. The Morgan fingerprint density at radius 3 is 3.08 bits per heavy atom.